The first-order chi connectivity index (χ1) is 6.96. The quantitative estimate of drug-likeness (QED) is 0.671. The first-order valence-electron chi connectivity index (χ1n) is 5.86. The van der Waals surface area contributed by atoms with E-state index in [0.29, 0.717) is 6.54 Å². The average molecular weight is 216 g/mol. The number of ether oxygens (including phenoxy) is 1. The van der Waals surface area contributed by atoms with Crippen LogP contribution in [0.5, 0.6) is 0 Å². The maximum atomic E-state index is 5.86. The van der Waals surface area contributed by atoms with Gasteiger partial charge in [0.15, 0.2) is 0 Å². The van der Waals surface area contributed by atoms with Crippen LogP contribution in [0.1, 0.15) is 33.6 Å². The minimum absolute atomic E-state index is 0.0743. The highest BCUT2D eigenvalue weighted by Gasteiger charge is 2.26. The van der Waals surface area contributed by atoms with Gasteiger partial charge in [0.25, 0.3) is 0 Å². The number of nitrogens with two attached hydrogens (primary N) is 1. The van der Waals surface area contributed by atoms with Gasteiger partial charge in [-0.25, -0.2) is 0 Å². The molecule has 0 fully saturated rings. The number of hydrogen-bond acceptors (Lipinski definition) is 3. The monoisotopic (exact) mass is 216 g/mol. The lowest BCUT2D eigenvalue weighted by molar-refractivity contribution is 0.0857. The summed E-state index contributed by atoms with van der Waals surface area (Å²) in [4.78, 5) is 2.37. The molecule has 3 heteroatoms. The van der Waals surface area contributed by atoms with Crippen molar-refractivity contribution in [2.45, 2.75) is 39.2 Å². The second kappa shape index (κ2) is 7.20. The van der Waals surface area contributed by atoms with Gasteiger partial charge < -0.3 is 10.5 Å². The molecule has 0 aromatic carbocycles. The van der Waals surface area contributed by atoms with Gasteiger partial charge in [-0.2, -0.15) is 0 Å². The first-order valence-corrected chi connectivity index (χ1v) is 5.86. The van der Waals surface area contributed by atoms with E-state index in [4.69, 9.17) is 10.5 Å². The van der Waals surface area contributed by atoms with Crippen LogP contribution in [-0.4, -0.2) is 44.3 Å². The first kappa shape index (κ1) is 14.9. The predicted octanol–water partition coefficient (Wildman–Crippen LogP) is 1.72. The highest BCUT2D eigenvalue weighted by molar-refractivity contribution is 4.85. The third kappa shape index (κ3) is 5.50. The van der Waals surface area contributed by atoms with Crippen LogP contribution in [0.15, 0.2) is 0 Å². The summed E-state index contributed by atoms with van der Waals surface area (Å²) >= 11 is 0. The Morgan fingerprint density at radius 2 is 2.00 bits per heavy atom. The fraction of sp³-hybridized carbons (Fsp3) is 1.00. The second-order valence-corrected chi connectivity index (χ2v) is 5.05. The highest BCUT2D eigenvalue weighted by atomic mass is 16.5. The van der Waals surface area contributed by atoms with Crippen LogP contribution in [-0.2, 0) is 4.74 Å². The Balaban J connectivity index is 4.11. The summed E-state index contributed by atoms with van der Waals surface area (Å²) in [5, 5.41) is 0. The molecule has 0 aliphatic carbocycles. The van der Waals surface area contributed by atoms with Crippen molar-refractivity contribution in [3.8, 4) is 0 Å². The molecule has 0 spiro atoms. The van der Waals surface area contributed by atoms with E-state index in [2.05, 4.69) is 32.7 Å². The van der Waals surface area contributed by atoms with Gasteiger partial charge in [-0.15, -0.1) is 0 Å². The molecule has 92 valence electrons. The Morgan fingerprint density at radius 3 is 2.40 bits per heavy atom. The molecule has 0 saturated carbocycles. The van der Waals surface area contributed by atoms with Crippen molar-refractivity contribution in [3.05, 3.63) is 0 Å². The summed E-state index contributed by atoms with van der Waals surface area (Å²) in [6.07, 6.45) is 2.22. The molecular formula is C12H28N2O. The van der Waals surface area contributed by atoms with Gasteiger partial charge in [0.05, 0.1) is 0 Å². The van der Waals surface area contributed by atoms with E-state index < -0.39 is 0 Å². The van der Waals surface area contributed by atoms with E-state index in [-0.39, 0.29) is 5.54 Å². The topological polar surface area (TPSA) is 38.5 Å². The molecule has 0 bridgehead atoms. The molecule has 1 unspecified atom stereocenters. The predicted molar refractivity (Wildman–Crippen MR) is 66.0 cm³/mol. The lowest BCUT2D eigenvalue weighted by Crippen LogP contribution is -2.50. The van der Waals surface area contributed by atoms with Crippen LogP contribution >= 0.6 is 0 Å². The molecule has 3 nitrogen and oxygen atoms in total. The molecule has 0 aliphatic heterocycles. The zero-order valence-corrected chi connectivity index (χ0v) is 11.0. The summed E-state index contributed by atoms with van der Waals surface area (Å²) in [5.41, 5.74) is 5.93. The van der Waals surface area contributed by atoms with Crippen molar-refractivity contribution < 1.29 is 4.74 Å². The summed E-state index contributed by atoms with van der Waals surface area (Å²) < 4.78 is 5.13. The molecule has 0 aromatic rings. The molecule has 0 saturated heterocycles. The van der Waals surface area contributed by atoms with Crippen LogP contribution < -0.4 is 5.73 Å². The van der Waals surface area contributed by atoms with Crippen LogP contribution in [0.4, 0.5) is 0 Å². The third-order valence-electron chi connectivity index (χ3n) is 3.25. The van der Waals surface area contributed by atoms with Gasteiger partial charge in [-0.1, -0.05) is 13.8 Å². The Bertz CT molecular complexity index is 162. The number of hydrogen-bond donors (Lipinski definition) is 1. The Hall–Kier alpha value is -0.120. The third-order valence-corrected chi connectivity index (χ3v) is 3.25. The fourth-order valence-corrected chi connectivity index (χ4v) is 1.49. The van der Waals surface area contributed by atoms with Gasteiger partial charge in [0.1, 0.15) is 0 Å². The van der Waals surface area contributed by atoms with Crippen LogP contribution in [0.2, 0.25) is 0 Å². The van der Waals surface area contributed by atoms with E-state index in [9.17, 15) is 0 Å². The Kier molecular flexibility index (Phi) is 7.14. The van der Waals surface area contributed by atoms with Crippen molar-refractivity contribution in [2.75, 3.05) is 33.9 Å². The van der Waals surface area contributed by atoms with Gasteiger partial charge in [-0.3, -0.25) is 4.90 Å². The Morgan fingerprint density at radius 1 is 1.40 bits per heavy atom. The van der Waals surface area contributed by atoms with Gasteiger partial charge in [0.2, 0.25) is 0 Å². The molecule has 0 heterocycles. The average Bonchev–Trinajstić information content (AvgIpc) is 2.22. The molecule has 0 amide bonds. The molecule has 2 N–H and O–H groups in total. The van der Waals surface area contributed by atoms with Crippen molar-refractivity contribution in [3.63, 3.8) is 0 Å². The molecule has 0 aliphatic rings. The highest BCUT2D eigenvalue weighted by Crippen LogP contribution is 2.17. The molecule has 15 heavy (non-hydrogen) atoms. The van der Waals surface area contributed by atoms with Crippen molar-refractivity contribution in [2.24, 2.45) is 11.7 Å². The zero-order valence-electron chi connectivity index (χ0n) is 11.0. The van der Waals surface area contributed by atoms with Crippen molar-refractivity contribution >= 4 is 0 Å². The summed E-state index contributed by atoms with van der Waals surface area (Å²) in [6, 6.07) is 0. The van der Waals surface area contributed by atoms with E-state index >= 15 is 0 Å². The van der Waals surface area contributed by atoms with Gasteiger partial charge in [0, 0.05) is 25.8 Å². The summed E-state index contributed by atoms with van der Waals surface area (Å²) in [6.45, 7) is 9.29. The second-order valence-electron chi connectivity index (χ2n) is 5.05. The normalized spacial score (nSPS) is 16.0. The maximum absolute atomic E-state index is 5.86. The van der Waals surface area contributed by atoms with Crippen molar-refractivity contribution in [1.82, 2.24) is 4.90 Å². The van der Waals surface area contributed by atoms with Gasteiger partial charge >= 0.3 is 0 Å². The molecule has 0 radical (unpaired) electrons. The largest absolute Gasteiger partial charge is 0.385 e. The molecule has 0 aromatic heterocycles. The lowest BCUT2D eigenvalue weighted by atomic mass is 9.95. The molecule has 0 rings (SSSR count). The van der Waals surface area contributed by atoms with Gasteiger partial charge in [-0.05, 0) is 39.3 Å². The van der Waals surface area contributed by atoms with E-state index in [1.165, 1.54) is 6.42 Å². The van der Waals surface area contributed by atoms with E-state index in [1.54, 1.807) is 7.11 Å². The van der Waals surface area contributed by atoms with Crippen LogP contribution in [0.25, 0.3) is 0 Å². The summed E-state index contributed by atoms with van der Waals surface area (Å²) in [7, 11) is 3.90. The zero-order chi connectivity index (χ0) is 11.9. The van der Waals surface area contributed by atoms with Crippen LogP contribution in [0.3, 0.4) is 0 Å². The van der Waals surface area contributed by atoms with Crippen molar-refractivity contribution in [1.29, 1.82) is 0 Å². The SMILES string of the molecule is COCCC(C)(CN)N(C)CCC(C)C. The number of methoxy groups -OCH3 is 1. The number of nitrogens with zero attached hydrogens (tertiary/aromatic N) is 1. The lowest BCUT2D eigenvalue weighted by Gasteiger charge is -2.38. The Labute approximate surface area is 95.0 Å². The summed E-state index contributed by atoms with van der Waals surface area (Å²) in [5.74, 6) is 0.747. The number of likely N-dealkylation sites (N-methyl/N-ethyl adjacent to an activating group) is 1. The number of rotatable bonds is 8. The molecule has 1 atom stereocenters. The van der Waals surface area contributed by atoms with E-state index in [1.807, 2.05) is 0 Å². The fourth-order valence-electron chi connectivity index (χ4n) is 1.49. The van der Waals surface area contributed by atoms with Crippen LogP contribution in [0, 0.1) is 5.92 Å². The molecular weight excluding hydrogens is 188 g/mol. The smallest absolute Gasteiger partial charge is 0.0480 e. The maximum Gasteiger partial charge on any atom is 0.0480 e. The minimum Gasteiger partial charge on any atom is -0.385 e. The standard InChI is InChI=1S/C12H28N2O/c1-11(2)6-8-14(4)12(3,10-13)7-9-15-5/h11H,6-10,13H2,1-5H3. The van der Waals surface area contributed by atoms with E-state index in [0.717, 1.165) is 25.5 Å². The minimum atomic E-state index is 0.0743.